The number of hydrogen-bond acceptors (Lipinski definition) is 4. The van der Waals surface area contributed by atoms with Gasteiger partial charge < -0.3 is 9.30 Å². The fraction of sp³-hybridized carbons (Fsp3) is 0.250. The van der Waals surface area contributed by atoms with Gasteiger partial charge >= 0.3 is 5.97 Å². The third-order valence-corrected chi connectivity index (χ3v) is 3.50. The average molecular weight is 265 g/mol. The van der Waals surface area contributed by atoms with Gasteiger partial charge in [0.2, 0.25) is 0 Å². The number of fused-ring (bicyclic) bond motifs is 3. The van der Waals surface area contributed by atoms with E-state index in [9.17, 15) is 9.59 Å². The second-order valence-electron chi connectivity index (χ2n) is 4.11. The Morgan fingerprint density at radius 2 is 2.39 bits per heavy atom. The van der Waals surface area contributed by atoms with Crippen molar-refractivity contribution >= 4 is 34.3 Å². The van der Waals surface area contributed by atoms with Crippen LogP contribution in [-0.2, 0) is 16.1 Å². The number of hydrogen-bond donors (Lipinski definition) is 0. The molecule has 1 aliphatic rings. The molecule has 2 aromatic heterocycles. The normalized spacial score (nSPS) is 18.1. The average Bonchev–Trinajstić information content (AvgIpc) is 2.88. The number of nitrogens with zero attached hydrogens (tertiary/aromatic N) is 2. The molecule has 0 amide bonds. The van der Waals surface area contributed by atoms with E-state index in [1.54, 1.807) is 22.9 Å². The summed E-state index contributed by atoms with van der Waals surface area (Å²) in [5.41, 5.74) is 1.29. The lowest BCUT2D eigenvalue weighted by Gasteiger charge is -2.05. The van der Waals surface area contributed by atoms with Crippen molar-refractivity contribution < 1.29 is 14.3 Å². The van der Waals surface area contributed by atoms with Gasteiger partial charge in [-0.05, 0) is 12.1 Å². The minimum Gasteiger partial charge on any atom is -0.468 e. The fourth-order valence-corrected chi connectivity index (χ4v) is 2.53. The molecular weight excluding hydrogens is 256 g/mol. The topological polar surface area (TPSA) is 61.2 Å². The van der Waals surface area contributed by atoms with Crippen LogP contribution in [0.1, 0.15) is 10.5 Å². The lowest BCUT2D eigenvalue weighted by atomic mass is 10.1. The van der Waals surface area contributed by atoms with E-state index in [-0.39, 0.29) is 5.78 Å². The molecule has 3 rings (SSSR count). The van der Waals surface area contributed by atoms with Gasteiger partial charge in [-0.15, -0.1) is 0 Å². The van der Waals surface area contributed by atoms with E-state index < -0.39 is 11.9 Å². The molecule has 0 spiro atoms. The van der Waals surface area contributed by atoms with Crippen molar-refractivity contribution in [2.75, 3.05) is 7.11 Å². The lowest BCUT2D eigenvalue weighted by molar-refractivity contribution is -0.143. The van der Waals surface area contributed by atoms with Crippen molar-refractivity contribution in [3.8, 4) is 0 Å². The number of carbonyl (C=O) groups excluding carboxylic acids is 2. The van der Waals surface area contributed by atoms with E-state index in [0.29, 0.717) is 17.4 Å². The smallest absolute Gasteiger partial charge is 0.318 e. The van der Waals surface area contributed by atoms with Gasteiger partial charge in [0.15, 0.2) is 5.78 Å². The second-order valence-corrected chi connectivity index (χ2v) is 4.47. The zero-order valence-corrected chi connectivity index (χ0v) is 10.3. The van der Waals surface area contributed by atoms with Crippen LogP contribution < -0.4 is 0 Å². The molecule has 0 N–H and O–H groups in total. The quantitative estimate of drug-likeness (QED) is 0.447. The number of aromatic nitrogens is 2. The van der Waals surface area contributed by atoms with Crippen molar-refractivity contribution in [1.82, 2.24) is 9.55 Å². The molecule has 6 heteroatoms. The van der Waals surface area contributed by atoms with Crippen LogP contribution in [0.15, 0.2) is 18.3 Å². The summed E-state index contributed by atoms with van der Waals surface area (Å²) in [6, 6.07) is 3.45. The summed E-state index contributed by atoms with van der Waals surface area (Å²) < 4.78 is 6.41. The molecule has 0 bridgehead atoms. The molecule has 3 heterocycles. The van der Waals surface area contributed by atoms with Crippen molar-refractivity contribution in [3.63, 3.8) is 0 Å². The molecular formula is C12H9ClN2O3. The second kappa shape index (κ2) is 3.81. The van der Waals surface area contributed by atoms with Crippen LogP contribution in [0.3, 0.4) is 0 Å². The van der Waals surface area contributed by atoms with E-state index in [0.717, 1.165) is 10.9 Å². The van der Waals surface area contributed by atoms with Gasteiger partial charge in [-0.25, -0.2) is 4.98 Å². The monoisotopic (exact) mass is 264 g/mol. The maximum Gasteiger partial charge on any atom is 0.318 e. The Hall–Kier alpha value is -1.88. The molecule has 0 unspecified atom stereocenters. The SMILES string of the molecule is COC(=O)[C@H]1Cn2c(cc3c(Cl)nccc32)C1=O. The molecule has 1 atom stereocenters. The van der Waals surface area contributed by atoms with Crippen LogP contribution in [0, 0.1) is 5.92 Å². The number of methoxy groups -OCH3 is 1. The van der Waals surface area contributed by atoms with Crippen LogP contribution in [-0.4, -0.2) is 28.4 Å². The van der Waals surface area contributed by atoms with Gasteiger partial charge in [0, 0.05) is 18.1 Å². The summed E-state index contributed by atoms with van der Waals surface area (Å²) in [5.74, 6) is -1.48. The molecule has 18 heavy (non-hydrogen) atoms. The van der Waals surface area contributed by atoms with E-state index >= 15 is 0 Å². The number of ketones is 1. The Morgan fingerprint density at radius 3 is 3.11 bits per heavy atom. The maximum atomic E-state index is 12.1. The van der Waals surface area contributed by atoms with Crippen molar-refractivity contribution in [3.05, 3.63) is 29.2 Å². The van der Waals surface area contributed by atoms with Gasteiger partial charge in [0.25, 0.3) is 0 Å². The molecule has 0 fully saturated rings. The van der Waals surface area contributed by atoms with Crippen molar-refractivity contribution in [2.24, 2.45) is 5.92 Å². The summed E-state index contributed by atoms with van der Waals surface area (Å²) in [6.45, 7) is 0.296. The first-order chi connectivity index (χ1) is 8.63. The van der Waals surface area contributed by atoms with Gasteiger partial charge in [-0.1, -0.05) is 11.6 Å². The molecule has 0 aliphatic carbocycles. The van der Waals surface area contributed by atoms with E-state index in [1.807, 2.05) is 0 Å². The first-order valence-electron chi connectivity index (χ1n) is 5.39. The Labute approximate surface area is 107 Å². The highest BCUT2D eigenvalue weighted by atomic mass is 35.5. The number of halogens is 1. The largest absolute Gasteiger partial charge is 0.468 e. The number of carbonyl (C=O) groups is 2. The number of pyridine rings is 1. The Balaban J connectivity index is 2.15. The Morgan fingerprint density at radius 1 is 1.61 bits per heavy atom. The highest BCUT2D eigenvalue weighted by Gasteiger charge is 2.38. The van der Waals surface area contributed by atoms with Gasteiger partial charge in [-0.2, -0.15) is 0 Å². The van der Waals surface area contributed by atoms with Crippen molar-refractivity contribution in [2.45, 2.75) is 6.54 Å². The zero-order chi connectivity index (χ0) is 12.9. The predicted molar refractivity (Wildman–Crippen MR) is 64.6 cm³/mol. The number of Topliss-reactive ketones (excluding diaryl/α,β-unsaturated/α-hetero) is 1. The summed E-state index contributed by atoms with van der Waals surface area (Å²) in [4.78, 5) is 27.6. The summed E-state index contributed by atoms with van der Waals surface area (Å²) >= 11 is 5.97. The summed E-state index contributed by atoms with van der Waals surface area (Å²) in [6.07, 6.45) is 1.58. The van der Waals surface area contributed by atoms with Gasteiger partial charge in [0.1, 0.15) is 11.1 Å². The zero-order valence-electron chi connectivity index (χ0n) is 9.51. The Kier molecular flexibility index (Phi) is 2.38. The molecule has 1 aliphatic heterocycles. The molecule has 5 nitrogen and oxygen atoms in total. The first-order valence-corrected chi connectivity index (χ1v) is 5.77. The highest BCUT2D eigenvalue weighted by molar-refractivity contribution is 6.34. The lowest BCUT2D eigenvalue weighted by Crippen LogP contribution is -2.22. The van der Waals surface area contributed by atoms with Crippen LogP contribution in [0.5, 0.6) is 0 Å². The predicted octanol–water partition coefficient (Wildman–Crippen LogP) is 1.68. The molecule has 2 aromatic rings. The van der Waals surface area contributed by atoms with Crippen LogP contribution in [0.25, 0.3) is 10.9 Å². The minimum absolute atomic E-state index is 0.228. The highest BCUT2D eigenvalue weighted by Crippen LogP contribution is 2.32. The first kappa shape index (κ1) is 11.2. The van der Waals surface area contributed by atoms with Crippen LogP contribution >= 0.6 is 11.6 Å². The Bertz CT molecular complexity index is 677. The van der Waals surface area contributed by atoms with E-state index in [1.165, 1.54) is 7.11 Å². The van der Waals surface area contributed by atoms with E-state index in [2.05, 4.69) is 9.72 Å². The third kappa shape index (κ3) is 1.37. The molecule has 92 valence electrons. The third-order valence-electron chi connectivity index (χ3n) is 3.20. The summed E-state index contributed by atoms with van der Waals surface area (Å²) in [5, 5.41) is 1.09. The standard InChI is InChI=1S/C12H9ClN2O3/c1-18-12(17)7-5-15-8-2-3-14-11(13)6(8)4-9(15)10(7)16/h2-4,7H,5H2,1H3/t7-/m0/s1. The maximum absolute atomic E-state index is 12.1. The number of rotatable bonds is 1. The fourth-order valence-electron chi connectivity index (χ4n) is 2.32. The number of ether oxygens (including phenoxy) is 1. The van der Waals surface area contributed by atoms with Gasteiger partial charge in [-0.3, -0.25) is 9.59 Å². The molecule has 0 radical (unpaired) electrons. The van der Waals surface area contributed by atoms with Crippen molar-refractivity contribution in [1.29, 1.82) is 0 Å². The molecule has 0 aromatic carbocycles. The van der Waals surface area contributed by atoms with Crippen LogP contribution in [0.4, 0.5) is 0 Å². The van der Waals surface area contributed by atoms with Crippen LogP contribution in [0.2, 0.25) is 5.15 Å². The van der Waals surface area contributed by atoms with E-state index in [4.69, 9.17) is 11.6 Å². The number of esters is 1. The van der Waals surface area contributed by atoms with Gasteiger partial charge in [0.05, 0.1) is 18.3 Å². The molecule has 0 saturated heterocycles. The molecule has 0 saturated carbocycles. The summed E-state index contributed by atoms with van der Waals surface area (Å²) in [7, 11) is 1.28. The minimum atomic E-state index is -0.749.